The zero-order valence-corrected chi connectivity index (χ0v) is 19.8. The molecule has 174 valence electrons. The number of aromatic nitrogens is 1. The van der Waals surface area contributed by atoms with Crippen molar-refractivity contribution in [3.8, 4) is 11.3 Å². The van der Waals surface area contributed by atoms with E-state index in [2.05, 4.69) is 21.6 Å². The van der Waals surface area contributed by atoms with Crippen LogP contribution in [0.5, 0.6) is 0 Å². The largest absolute Gasteiger partial charge is 0.437 e. The van der Waals surface area contributed by atoms with Crippen LogP contribution in [0.1, 0.15) is 59.5 Å². The monoisotopic (exact) mass is 467 g/mol. The second-order valence-electron chi connectivity index (χ2n) is 8.51. The van der Waals surface area contributed by atoms with E-state index in [1.807, 2.05) is 37.3 Å². The number of furan rings is 1. The van der Waals surface area contributed by atoms with Crippen molar-refractivity contribution in [3.05, 3.63) is 59.7 Å². The summed E-state index contributed by atoms with van der Waals surface area (Å²) in [6, 6.07) is 9.56. The van der Waals surface area contributed by atoms with Gasteiger partial charge in [0.05, 0.1) is 16.7 Å². The van der Waals surface area contributed by atoms with Crippen molar-refractivity contribution in [2.45, 2.75) is 44.9 Å². The lowest BCUT2D eigenvalue weighted by Gasteiger charge is -2.11. The lowest BCUT2D eigenvalue weighted by Crippen LogP contribution is -2.19. The third kappa shape index (κ3) is 5.11. The third-order valence-electron chi connectivity index (χ3n) is 5.82. The number of hydrogen-bond acceptors (Lipinski definition) is 5. The highest BCUT2D eigenvalue weighted by Gasteiger charge is 2.31. The first-order valence-corrected chi connectivity index (χ1v) is 12.9. The molecule has 1 amide bonds. The van der Waals surface area contributed by atoms with Crippen LogP contribution in [0.4, 0.5) is 5.82 Å². The van der Waals surface area contributed by atoms with Gasteiger partial charge in [-0.15, -0.1) is 6.58 Å². The first kappa shape index (κ1) is 23.0. The number of pyridine rings is 1. The van der Waals surface area contributed by atoms with E-state index >= 15 is 0 Å². The Morgan fingerprint density at radius 2 is 1.97 bits per heavy atom. The molecule has 4 rings (SSSR count). The number of amides is 1. The Hall–Kier alpha value is -3.13. The number of unbranched alkanes of at least 4 members (excludes halogenated alkanes) is 2. The van der Waals surface area contributed by atoms with Crippen molar-refractivity contribution in [3.63, 3.8) is 0 Å². The molecule has 1 fully saturated rings. The summed E-state index contributed by atoms with van der Waals surface area (Å²) in [5, 5.41) is 3.27. The zero-order chi connectivity index (χ0) is 23.6. The van der Waals surface area contributed by atoms with Gasteiger partial charge >= 0.3 is 0 Å². The van der Waals surface area contributed by atoms with Gasteiger partial charge < -0.3 is 9.73 Å². The summed E-state index contributed by atoms with van der Waals surface area (Å²) < 4.78 is 34.1. The fourth-order valence-corrected chi connectivity index (χ4v) is 5.01. The molecule has 0 aliphatic heterocycles. The lowest BCUT2D eigenvalue weighted by atomic mass is 10.0. The Balaban J connectivity index is 1.78. The summed E-state index contributed by atoms with van der Waals surface area (Å²) in [5.41, 5.74) is 3.30. The Bertz CT molecular complexity index is 1290. The number of allylic oxidation sites excluding steroid dienone is 1. The van der Waals surface area contributed by atoms with Crippen LogP contribution >= 0.6 is 0 Å². The van der Waals surface area contributed by atoms with Crippen molar-refractivity contribution in [2.75, 3.05) is 17.5 Å². The van der Waals surface area contributed by atoms with Crippen molar-refractivity contribution in [1.82, 2.24) is 10.3 Å². The summed E-state index contributed by atoms with van der Waals surface area (Å²) in [7, 11) is -1.99. The van der Waals surface area contributed by atoms with Gasteiger partial charge in [0.2, 0.25) is 15.7 Å². The molecule has 1 saturated carbocycles. The van der Waals surface area contributed by atoms with Gasteiger partial charge in [0.1, 0.15) is 11.6 Å². The smallest absolute Gasteiger partial charge is 0.255 e. The molecule has 3 aromatic rings. The molecule has 7 nitrogen and oxygen atoms in total. The molecule has 8 heteroatoms. The average Bonchev–Trinajstić information content (AvgIpc) is 3.56. The number of nitrogens with one attached hydrogen (secondary N) is 2. The summed E-state index contributed by atoms with van der Waals surface area (Å²) in [5.74, 6) is 0.671. The maximum atomic E-state index is 12.8. The van der Waals surface area contributed by atoms with Crippen molar-refractivity contribution >= 4 is 32.8 Å². The Kier molecular flexibility index (Phi) is 6.56. The van der Waals surface area contributed by atoms with E-state index in [0.29, 0.717) is 28.9 Å². The first-order valence-electron chi connectivity index (χ1n) is 11.2. The van der Waals surface area contributed by atoms with Crippen LogP contribution in [0.2, 0.25) is 0 Å². The first-order chi connectivity index (χ1) is 15.8. The summed E-state index contributed by atoms with van der Waals surface area (Å²) in [6.07, 6.45) is 5.79. The predicted octanol–water partition coefficient (Wildman–Crippen LogP) is 5.14. The molecule has 0 spiro atoms. The molecule has 1 aliphatic carbocycles. The summed E-state index contributed by atoms with van der Waals surface area (Å²) in [4.78, 5) is 17.4. The van der Waals surface area contributed by atoms with E-state index in [0.717, 1.165) is 42.4 Å². The molecule has 0 unspecified atom stereocenters. The normalized spacial score (nSPS) is 13.8. The standard InChI is InChI=1S/C25H29N3O4S/c1-4-5-6-7-14-33(30,31)28-23-19(17-12-13-17)15-20-21(24(29)26-3)22(32-25(20)27-23)18-10-8-16(2)9-11-18/h4,8-11,15,17H,1,5-7,12-14H2,2-3H3,(H,26,29)(H,27,28). The molecule has 0 atom stereocenters. The number of carbonyl (C=O) groups is 1. The topological polar surface area (TPSA) is 101 Å². The molecule has 1 aliphatic rings. The number of nitrogens with zero attached hydrogens (tertiary/aromatic N) is 1. The summed E-state index contributed by atoms with van der Waals surface area (Å²) in [6.45, 7) is 5.66. The molecule has 0 radical (unpaired) electrons. The predicted molar refractivity (Wildman–Crippen MR) is 131 cm³/mol. The Morgan fingerprint density at radius 3 is 2.61 bits per heavy atom. The maximum Gasteiger partial charge on any atom is 0.255 e. The minimum Gasteiger partial charge on any atom is -0.437 e. The van der Waals surface area contributed by atoms with Crippen LogP contribution in [-0.2, 0) is 10.0 Å². The molecule has 2 aromatic heterocycles. The number of hydrogen-bond donors (Lipinski definition) is 2. The van der Waals surface area contributed by atoms with E-state index in [4.69, 9.17) is 4.42 Å². The number of aryl methyl sites for hydroxylation is 1. The zero-order valence-electron chi connectivity index (χ0n) is 19.0. The van der Waals surface area contributed by atoms with Crippen LogP contribution in [0.15, 0.2) is 47.4 Å². The molecule has 0 bridgehead atoms. The van der Waals surface area contributed by atoms with Gasteiger partial charge in [0, 0.05) is 12.6 Å². The van der Waals surface area contributed by atoms with Gasteiger partial charge in [0.25, 0.3) is 5.91 Å². The van der Waals surface area contributed by atoms with Crippen molar-refractivity contribution < 1.29 is 17.6 Å². The summed E-state index contributed by atoms with van der Waals surface area (Å²) >= 11 is 0. The maximum absolute atomic E-state index is 12.8. The Labute approximate surface area is 194 Å². The van der Waals surface area contributed by atoms with E-state index < -0.39 is 10.0 Å². The van der Waals surface area contributed by atoms with Crippen LogP contribution < -0.4 is 10.0 Å². The molecular weight excluding hydrogens is 438 g/mol. The lowest BCUT2D eigenvalue weighted by molar-refractivity contribution is 0.0964. The number of rotatable bonds is 10. The number of sulfonamides is 1. The fraction of sp³-hybridized carbons (Fsp3) is 0.360. The van der Waals surface area contributed by atoms with Crippen molar-refractivity contribution in [2.24, 2.45) is 0 Å². The van der Waals surface area contributed by atoms with E-state index in [1.165, 1.54) is 0 Å². The Morgan fingerprint density at radius 1 is 1.24 bits per heavy atom. The van der Waals surface area contributed by atoms with E-state index in [9.17, 15) is 13.2 Å². The minimum absolute atomic E-state index is 0.0148. The molecule has 2 heterocycles. The number of fused-ring (bicyclic) bond motifs is 1. The van der Waals surface area contributed by atoms with Crippen LogP contribution in [0.25, 0.3) is 22.4 Å². The number of benzene rings is 1. The number of anilines is 1. The second kappa shape index (κ2) is 9.39. The van der Waals surface area contributed by atoms with Crippen LogP contribution in [-0.4, -0.2) is 32.1 Å². The highest BCUT2D eigenvalue weighted by molar-refractivity contribution is 7.92. The SMILES string of the molecule is C=CCCCCS(=O)(=O)Nc1nc2oc(-c3ccc(C)cc3)c(C(=O)NC)c2cc1C1CC1. The molecule has 33 heavy (non-hydrogen) atoms. The van der Waals surface area contributed by atoms with Crippen LogP contribution in [0, 0.1) is 6.92 Å². The minimum atomic E-state index is -3.56. The van der Waals surface area contributed by atoms with Gasteiger partial charge in [-0.25, -0.2) is 8.42 Å². The molecule has 0 saturated heterocycles. The number of carbonyl (C=O) groups excluding carboxylic acids is 1. The van der Waals surface area contributed by atoms with Gasteiger partial charge in [0.15, 0.2) is 0 Å². The quantitative estimate of drug-likeness (QED) is 0.318. The highest BCUT2D eigenvalue weighted by atomic mass is 32.2. The van der Waals surface area contributed by atoms with Crippen LogP contribution in [0.3, 0.4) is 0 Å². The van der Waals surface area contributed by atoms with Gasteiger partial charge in [-0.3, -0.25) is 9.52 Å². The van der Waals surface area contributed by atoms with Gasteiger partial charge in [-0.1, -0.05) is 35.9 Å². The molecular formula is C25H29N3O4S. The van der Waals surface area contributed by atoms with E-state index in [-0.39, 0.29) is 23.3 Å². The average molecular weight is 468 g/mol. The van der Waals surface area contributed by atoms with Gasteiger partial charge in [-0.05, 0) is 56.6 Å². The molecule has 1 aromatic carbocycles. The van der Waals surface area contributed by atoms with E-state index in [1.54, 1.807) is 13.1 Å². The van der Waals surface area contributed by atoms with Crippen molar-refractivity contribution in [1.29, 1.82) is 0 Å². The fourth-order valence-electron chi connectivity index (χ4n) is 3.86. The highest BCUT2D eigenvalue weighted by Crippen LogP contribution is 2.45. The molecule has 2 N–H and O–H groups in total. The van der Waals surface area contributed by atoms with Gasteiger partial charge in [-0.2, -0.15) is 4.98 Å². The third-order valence-corrected chi connectivity index (χ3v) is 7.15. The second-order valence-corrected chi connectivity index (χ2v) is 10.4.